The number of thioether (sulfide) groups is 1. The Morgan fingerprint density at radius 1 is 1.30 bits per heavy atom. The number of carbonyl (C=O) groups is 2. The number of rotatable bonds is 5. The van der Waals surface area contributed by atoms with Gasteiger partial charge >= 0.3 is 6.09 Å². The lowest BCUT2D eigenvalue weighted by atomic mass is 9.90. The molecule has 9 heteroatoms. The van der Waals surface area contributed by atoms with E-state index in [0.29, 0.717) is 11.8 Å². The number of hydrogen-bond donors (Lipinski definition) is 1. The molecule has 0 aliphatic carbocycles. The molecule has 1 aromatic carbocycles. The zero-order valence-electron chi connectivity index (χ0n) is 17.8. The lowest BCUT2D eigenvalue weighted by Gasteiger charge is -2.39. The fourth-order valence-electron chi connectivity index (χ4n) is 3.29. The van der Waals surface area contributed by atoms with Crippen LogP contribution in [0.5, 0.6) is 5.75 Å². The maximum Gasteiger partial charge on any atom is 0.413 e. The minimum atomic E-state index is -0.613. The lowest BCUT2D eigenvalue weighted by Crippen LogP contribution is -2.51. The van der Waals surface area contributed by atoms with Gasteiger partial charge in [0.2, 0.25) is 0 Å². The van der Waals surface area contributed by atoms with Gasteiger partial charge in [-0.15, -0.1) is 0 Å². The highest BCUT2D eigenvalue weighted by atomic mass is 32.2. The van der Waals surface area contributed by atoms with E-state index in [9.17, 15) is 9.59 Å². The van der Waals surface area contributed by atoms with E-state index in [1.807, 2.05) is 31.2 Å². The molecule has 2 heterocycles. The molecule has 0 unspecified atom stereocenters. The van der Waals surface area contributed by atoms with Crippen LogP contribution < -0.4 is 10.1 Å². The summed E-state index contributed by atoms with van der Waals surface area (Å²) >= 11 is 1.26. The van der Waals surface area contributed by atoms with E-state index in [1.54, 1.807) is 27.9 Å². The molecule has 3 rings (SSSR count). The Kier molecular flexibility index (Phi) is 7.05. The number of carbonyl (C=O) groups excluding carboxylic acids is 2. The molecule has 1 fully saturated rings. The summed E-state index contributed by atoms with van der Waals surface area (Å²) in [5.74, 6) is 0.584. The summed E-state index contributed by atoms with van der Waals surface area (Å²) in [5, 5.41) is 3.06. The molecule has 0 bridgehead atoms. The van der Waals surface area contributed by atoms with Crippen LogP contribution in [0.15, 0.2) is 29.3 Å². The van der Waals surface area contributed by atoms with Crippen molar-refractivity contribution < 1.29 is 28.5 Å². The molecule has 1 amide bonds. The molecule has 1 aromatic rings. The number of amidine groups is 1. The average Bonchev–Trinajstić information content (AvgIpc) is 3.07. The van der Waals surface area contributed by atoms with Crippen LogP contribution >= 0.6 is 11.8 Å². The molecule has 0 aromatic heterocycles. The molecule has 5 atom stereocenters. The molecule has 8 nitrogen and oxygen atoms in total. The van der Waals surface area contributed by atoms with Gasteiger partial charge in [-0.2, -0.15) is 0 Å². The number of aldehydes is 1. The van der Waals surface area contributed by atoms with Gasteiger partial charge < -0.3 is 23.7 Å². The molecule has 0 spiro atoms. The minimum Gasteiger partial charge on any atom is -0.497 e. The number of ether oxygens (including phenoxy) is 4. The second kappa shape index (κ2) is 9.36. The van der Waals surface area contributed by atoms with Crippen LogP contribution in [0.3, 0.4) is 0 Å². The molecular weight excluding hydrogens is 408 g/mol. The molecule has 164 valence electrons. The SMILES string of the molecule is COc1ccc(CO[C@H]2[C@H](C)[C@@H](C=O)O[C@@H]3SC(NC(=O)OC(C)(C)C)=N[C@H]23)cc1. The van der Waals surface area contributed by atoms with Crippen LogP contribution in [-0.2, 0) is 25.6 Å². The number of fused-ring (bicyclic) bond motifs is 1. The minimum absolute atomic E-state index is 0.188. The van der Waals surface area contributed by atoms with Crippen LogP contribution in [0.4, 0.5) is 4.79 Å². The normalized spacial score (nSPS) is 28.3. The number of benzene rings is 1. The monoisotopic (exact) mass is 436 g/mol. The first-order valence-corrected chi connectivity index (χ1v) is 10.7. The molecule has 2 aliphatic heterocycles. The number of alkyl carbamates (subject to hydrolysis) is 1. The zero-order valence-corrected chi connectivity index (χ0v) is 18.6. The first kappa shape index (κ1) is 22.6. The molecule has 0 saturated carbocycles. The average molecular weight is 437 g/mol. The van der Waals surface area contributed by atoms with Crippen molar-refractivity contribution in [3.05, 3.63) is 29.8 Å². The first-order chi connectivity index (χ1) is 14.2. The second-order valence-corrected chi connectivity index (χ2v) is 9.34. The molecule has 30 heavy (non-hydrogen) atoms. The molecule has 1 saturated heterocycles. The lowest BCUT2D eigenvalue weighted by molar-refractivity contribution is -0.150. The van der Waals surface area contributed by atoms with Gasteiger partial charge in [-0.05, 0) is 38.5 Å². The van der Waals surface area contributed by atoms with Crippen molar-refractivity contribution in [1.82, 2.24) is 5.32 Å². The Labute approximate surface area is 180 Å². The van der Waals surface area contributed by atoms with Crippen LogP contribution in [0.1, 0.15) is 33.3 Å². The summed E-state index contributed by atoms with van der Waals surface area (Å²) in [5.41, 5.74) is -0.0455. The van der Waals surface area contributed by atoms with Gasteiger partial charge in [-0.3, -0.25) is 10.3 Å². The van der Waals surface area contributed by atoms with Crippen molar-refractivity contribution in [2.45, 2.75) is 63.6 Å². The van der Waals surface area contributed by atoms with E-state index in [0.717, 1.165) is 17.6 Å². The largest absolute Gasteiger partial charge is 0.497 e. The van der Waals surface area contributed by atoms with Crippen molar-refractivity contribution in [2.75, 3.05) is 7.11 Å². The number of nitrogens with zero attached hydrogens (tertiary/aromatic N) is 1. The van der Waals surface area contributed by atoms with E-state index in [-0.39, 0.29) is 18.1 Å². The second-order valence-electron chi connectivity index (χ2n) is 8.26. The predicted molar refractivity (Wildman–Crippen MR) is 114 cm³/mol. The van der Waals surface area contributed by atoms with Gasteiger partial charge in [0.25, 0.3) is 0 Å². The fourth-order valence-corrected chi connectivity index (χ4v) is 4.38. The van der Waals surface area contributed by atoms with Crippen molar-refractivity contribution in [3.63, 3.8) is 0 Å². The standard InChI is InChI=1S/C21H28N2O6S/c1-12-15(10-24)28-18-16(22-19(30-18)23-20(25)29-21(2,3)4)17(12)27-11-13-6-8-14(26-5)9-7-13/h6-10,12,15-18H,11H2,1-5H3,(H,22,23,25)/t12-,15-,16-,17+,18-/m1/s1. The maximum absolute atomic E-state index is 12.1. The topological polar surface area (TPSA) is 95.5 Å². The smallest absolute Gasteiger partial charge is 0.413 e. The number of aliphatic imine (C=N–C) groups is 1. The summed E-state index contributed by atoms with van der Waals surface area (Å²) < 4.78 is 22.5. The molecule has 2 aliphatic rings. The van der Waals surface area contributed by atoms with Gasteiger partial charge in [0, 0.05) is 5.92 Å². The number of amides is 1. The Balaban J connectivity index is 1.70. The van der Waals surface area contributed by atoms with Crippen molar-refractivity contribution in [3.8, 4) is 5.75 Å². The van der Waals surface area contributed by atoms with Crippen LogP contribution in [0, 0.1) is 5.92 Å². The van der Waals surface area contributed by atoms with Crippen molar-refractivity contribution >= 4 is 29.3 Å². The Hall–Kier alpha value is -2.10. The van der Waals surface area contributed by atoms with E-state index in [4.69, 9.17) is 18.9 Å². The van der Waals surface area contributed by atoms with Gasteiger partial charge in [0.1, 0.15) is 35.2 Å². The maximum atomic E-state index is 12.1. The fraction of sp³-hybridized carbons (Fsp3) is 0.571. The third-order valence-corrected chi connectivity index (χ3v) is 5.83. The van der Waals surface area contributed by atoms with E-state index in [2.05, 4.69) is 10.3 Å². The summed E-state index contributed by atoms with van der Waals surface area (Å²) in [4.78, 5) is 28.2. The molecular formula is C21H28N2O6S. The first-order valence-electron chi connectivity index (χ1n) is 9.80. The summed E-state index contributed by atoms with van der Waals surface area (Å²) in [6.07, 6.45) is -0.727. The highest BCUT2D eigenvalue weighted by molar-refractivity contribution is 8.14. The Morgan fingerprint density at radius 2 is 2.00 bits per heavy atom. The summed E-state index contributed by atoms with van der Waals surface area (Å²) in [7, 11) is 1.62. The van der Waals surface area contributed by atoms with Gasteiger partial charge in [0.15, 0.2) is 5.17 Å². The number of nitrogens with one attached hydrogen (secondary N) is 1. The molecule has 0 radical (unpaired) electrons. The highest BCUT2D eigenvalue weighted by Crippen LogP contribution is 2.39. The van der Waals surface area contributed by atoms with Crippen molar-refractivity contribution in [1.29, 1.82) is 0 Å². The summed E-state index contributed by atoms with van der Waals surface area (Å²) in [6, 6.07) is 7.26. The highest BCUT2D eigenvalue weighted by Gasteiger charge is 2.48. The van der Waals surface area contributed by atoms with Gasteiger partial charge in [0.05, 0.1) is 19.8 Å². The Bertz CT molecular complexity index is 792. The van der Waals surface area contributed by atoms with Crippen LogP contribution in [0.2, 0.25) is 0 Å². The van der Waals surface area contributed by atoms with Crippen LogP contribution in [0.25, 0.3) is 0 Å². The number of methoxy groups -OCH3 is 1. The third kappa shape index (κ3) is 5.53. The van der Waals surface area contributed by atoms with E-state index in [1.165, 1.54) is 11.8 Å². The Morgan fingerprint density at radius 3 is 2.60 bits per heavy atom. The third-order valence-electron chi connectivity index (χ3n) is 4.78. The van der Waals surface area contributed by atoms with Gasteiger partial charge in [-0.25, -0.2) is 4.79 Å². The van der Waals surface area contributed by atoms with E-state index < -0.39 is 23.2 Å². The van der Waals surface area contributed by atoms with Crippen molar-refractivity contribution in [2.24, 2.45) is 10.9 Å². The van der Waals surface area contributed by atoms with Gasteiger partial charge in [-0.1, -0.05) is 30.8 Å². The predicted octanol–water partition coefficient (Wildman–Crippen LogP) is 3.14. The number of hydrogen-bond acceptors (Lipinski definition) is 8. The van der Waals surface area contributed by atoms with E-state index >= 15 is 0 Å². The quantitative estimate of drug-likeness (QED) is 0.709. The van der Waals surface area contributed by atoms with Crippen LogP contribution in [-0.4, -0.2) is 53.9 Å². The summed E-state index contributed by atoms with van der Waals surface area (Å²) in [6.45, 7) is 7.64. The molecule has 1 N–H and O–H groups in total. The zero-order chi connectivity index (χ0) is 21.9.